The van der Waals surface area contributed by atoms with E-state index in [1.54, 1.807) is 0 Å². The van der Waals surface area contributed by atoms with Crippen LogP contribution in [0.4, 0.5) is 0 Å². The lowest BCUT2D eigenvalue weighted by atomic mass is 10.1. The summed E-state index contributed by atoms with van der Waals surface area (Å²) in [5, 5.41) is 0. The Bertz CT molecular complexity index is 135. The molecule has 0 aliphatic carbocycles. The van der Waals surface area contributed by atoms with E-state index in [9.17, 15) is 0 Å². The maximum Gasteiger partial charge on any atom is 0.0517 e. The second-order valence-corrected chi connectivity index (χ2v) is 4.55. The maximum atomic E-state index is 5.66. The van der Waals surface area contributed by atoms with E-state index in [0.29, 0.717) is 11.8 Å². The largest absolute Gasteiger partial charge is 0.381 e. The van der Waals surface area contributed by atoms with Crippen molar-refractivity contribution in [1.29, 1.82) is 0 Å². The highest BCUT2D eigenvalue weighted by Gasteiger charge is 2.15. The van der Waals surface area contributed by atoms with Gasteiger partial charge in [0.1, 0.15) is 0 Å². The van der Waals surface area contributed by atoms with Crippen LogP contribution >= 0.6 is 11.6 Å². The van der Waals surface area contributed by atoms with Crippen molar-refractivity contribution in [2.24, 2.45) is 11.8 Å². The van der Waals surface area contributed by atoms with Gasteiger partial charge in [0.2, 0.25) is 0 Å². The Morgan fingerprint density at radius 2 is 2.36 bits per heavy atom. The van der Waals surface area contributed by atoms with Gasteiger partial charge in [-0.05, 0) is 25.2 Å². The van der Waals surface area contributed by atoms with Crippen molar-refractivity contribution in [2.45, 2.75) is 26.2 Å². The summed E-state index contributed by atoms with van der Waals surface area (Å²) in [7, 11) is 0. The molecule has 0 bridgehead atoms. The molecule has 1 aliphatic heterocycles. The molecule has 2 nitrogen and oxygen atoms in total. The lowest BCUT2D eigenvalue weighted by Crippen LogP contribution is -2.11. The first-order valence-electron chi connectivity index (χ1n) is 5.54. The smallest absolute Gasteiger partial charge is 0.0517 e. The Hall–Kier alpha value is 0.210. The Kier molecular flexibility index (Phi) is 6.57. The standard InChI is InChI=1S/C11H21ClO2/c1-10(2-5-12)3-6-13-8-11-4-7-14-9-11/h10-11H,2-9H2,1H3. The third-order valence-corrected chi connectivity index (χ3v) is 2.95. The fourth-order valence-corrected chi connectivity index (χ4v) is 1.95. The molecule has 3 heteroatoms. The summed E-state index contributed by atoms with van der Waals surface area (Å²) < 4.78 is 10.9. The lowest BCUT2D eigenvalue weighted by molar-refractivity contribution is 0.0817. The summed E-state index contributed by atoms with van der Waals surface area (Å²) in [6, 6.07) is 0. The van der Waals surface area contributed by atoms with Gasteiger partial charge in [-0.2, -0.15) is 0 Å². The van der Waals surface area contributed by atoms with Crippen LogP contribution in [0, 0.1) is 11.8 Å². The highest BCUT2D eigenvalue weighted by molar-refractivity contribution is 6.17. The van der Waals surface area contributed by atoms with E-state index in [-0.39, 0.29) is 0 Å². The van der Waals surface area contributed by atoms with E-state index in [2.05, 4.69) is 6.92 Å². The van der Waals surface area contributed by atoms with E-state index in [1.165, 1.54) is 0 Å². The third-order valence-electron chi connectivity index (χ3n) is 2.73. The van der Waals surface area contributed by atoms with Gasteiger partial charge in [0, 0.05) is 25.0 Å². The molecule has 1 saturated heterocycles. The van der Waals surface area contributed by atoms with Crippen LogP contribution in [0.15, 0.2) is 0 Å². The van der Waals surface area contributed by atoms with Crippen molar-refractivity contribution in [3.05, 3.63) is 0 Å². The second kappa shape index (κ2) is 7.49. The van der Waals surface area contributed by atoms with Gasteiger partial charge in [-0.3, -0.25) is 0 Å². The van der Waals surface area contributed by atoms with Crippen LogP contribution in [-0.4, -0.2) is 32.3 Å². The van der Waals surface area contributed by atoms with Gasteiger partial charge in [-0.15, -0.1) is 11.6 Å². The first-order chi connectivity index (χ1) is 6.83. The summed E-state index contributed by atoms with van der Waals surface area (Å²) in [5.41, 5.74) is 0. The maximum absolute atomic E-state index is 5.66. The quantitative estimate of drug-likeness (QED) is 0.485. The minimum Gasteiger partial charge on any atom is -0.381 e. The molecule has 0 amide bonds. The fraction of sp³-hybridized carbons (Fsp3) is 1.00. The van der Waals surface area contributed by atoms with E-state index < -0.39 is 0 Å². The number of hydrogen-bond acceptors (Lipinski definition) is 2. The summed E-state index contributed by atoms with van der Waals surface area (Å²) in [5.74, 6) is 2.09. The van der Waals surface area contributed by atoms with Gasteiger partial charge >= 0.3 is 0 Å². The van der Waals surface area contributed by atoms with Crippen LogP contribution < -0.4 is 0 Å². The van der Waals surface area contributed by atoms with E-state index in [4.69, 9.17) is 21.1 Å². The molecule has 1 aliphatic rings. The molecule has 1 rings (SSSR count). The molecule has 0 saturated carbocycles. The van der Waals surface area contributed by atoms with Crippen molar-refractivity contribution in [1.82, 2.24) is 0 Å². The fourth-order valence-electron chi connectivity index (χ4n) is 1.58. The average molecular weight is 221 g/mol. The normalized spacial score (nSPS) is 24.0. The highest BCUT2D eigenvalue weighted by Crippen LogP contribution is 2.13. The number of hydrogen-bond donors (Lipinski definition) is 0. The van der Waals surface area contributed by atoms with Gasteiger partial charge in [0.05, 0.1) is 13.2 Å². The Morgan fingerprint density at radius 3 is 3.00 bits per heavy atom. The van der Waals surface area contributed by atoms with Gasteiger partial charge in [-0.25, -0.2) is 0 Å². The summed E-state index contributed by atoms with van der Waals surface area (Å²) >= 11 is 5.66. The molecule has 1 heterocycles. The van der Waals surface area contributed by atoms with Crippen LogP contribution in [-0.2, 0) is 9.47 Å². The Morgan fingerprint density at radius 1 is 1.50 bits per heavy atom. The molecule has 84 valence electrons. The molecular weight excluding hydrogens is 200 g/mol. The zero-order chi connectivity index (χ0) is 10.2. The van der Waals surface area contributed by atoms with Crippen molar-refractivity contribution < 1.29 is 9.47 Å². The first kappa shape index (κ1) is 12.3. The predicted octanol–water partition coefficient (Wildman–Crippen LogP) is 2.69. The zero-order valence-electron chi connectivity index (χ0n) is 9.01. The minimum atomic E-state index is 0.637. The molecule has 0 aromatic heterocycles. The minimum absolute atomic E-state index is 0.637. The molecule has 1 fully saturated rings. The number of rotatable bonds is 7. The zero-order valence-corrected chi connectivity index (χ0v) is 9.76. The SMILES string of the molecule is CC(CCCl)CCOCC1CCOC1. The van der Waals surface area contributed by atoms with Crippen LogP contribution in [0.1, 0.15) is 26.2 Å². The lowest BCUT2D eigenvalue weighted by Gasteiger charge is -2.11. The average Bonchev–Trinajstić information content (AvgIpc) is 2.65. The molecule has 0 N–H and O–H groups in total. The molecule has 0 spiro atoms. The van der Waals surface area contributed by atoms with Crippen LogP contribution in [0.25, 0.3) is 0 Å². The Balaban J connectivity index is 1.88. The van der Waals surface area contributed by atoms with Crippen molar-refractivity contribution in [3.8, 4) is 0 Å². The van der Waals surface area contributed by atoms with Crippen molar-refractivity contribution >= 4 is 11.6 Å². The molecular formula is C11H21ClO2. The first-order valence-corrected chi connectivity index (χ1v) is 6.08. The second-order valence-electron chi connectivity index (χ2n) is 4.18. The third kappa shape index (κ3) is 5.18. The molecule has 0 aromatic carbocycles. The molecule has 2 atom stereocenters. The van der Waals surface area contributed by atoms with Gasteiger partial charge in [0.15, 0.2) is 0 Å². The number of ether oxygens (including phenoxy) is 2. The van der Waals surface area contributed by atoms with Crippen LogP contribution in [0.5, 0.6) is 0 Å². The summed E-state index contributed by atoms with van der Waals surface area (Å²) in [6.45, 7) is 5.76. The summed E-state index contributed by atoms with van der Waals surface area (Å²) in [6.07, 6.45) is 3.38. The monoisotopic (exact) mass is 220 g/mol. The summed E-state index contributed by atoms with van der Waals surface area (Å²) in [4.78, 5) is 0. The van der Waals surface area contributed by atoms with E-state index in [1.807, 2.05) is 0 Å². The van der Waals surface area contributed by atoms with Crippen LogP contribution in [0.3, 0.4) is 0 Å². The van der Waals surface area contributed by atoms with Gasteiger partial charge in [-0.1, -0.05) is 6.92 Å². The molecule has 14 heavy (non-hydrogen) atoms. The van der Waals surface area contributed by atoms with Crippen LogP contribution in [0.2, 0.25) is 0 Å². The van der Waals surface area contributed by atoms with Gasteiger partial charge < -0.3 is 9.47 Å². The van der Waals surface area contributed by atoms with Crippen molar-refractivity contribution in [3.63, 3.8) is 0 Å². The van der Waals surface area contributed by atoms with Gasteiger partial charge in [0.25, 0.3) is 0 Å². The van der Waals surface area contributed by atoms with E-state index in [0.717, 1.165) is 51.6 Å². The molecule has 0 aromatic rings. The highest BCUT2D eigenvalue weighted by atomic mass is 35.5. The number of halogens is 1. The number of alkyl halides is 1. The topological polar surface area (TPSA) is 18.5 Å². The van der Waals surface area contributed by atoms with Crippen molar-refractivity contribution in [2.75, 3.05) is 32.3 Å². The Labute approximate surface area is 91.9 Å². The molecule has 2 unspecified atom stereocenters. The molecule has 0 radical (unpaired) electrons. The van der Waals surface area contributed by atoms with E-state index >= 15 is 0 Å². The predicted molar refractivity (Wildman–Crippen MR) is 58.9 cm³/mol.